The van der Waals surface area contributed by atoms with Gasteiger partial charge in [0.2, 0.25) is 11.7 Å². The molecule has 0 aliphatic heterocycles. The van der Waals surface area contributed by atoms with Crippen molar-refractivity contribution in [3.05, 3.63) is 80.5 Å². The number of benzene rings is 2. The van der Waals surface area contributed by atoms with Crippen LogP contribution in [0.25, 0.3) is 16.7 Å². The molecule has 1 aliphatic carbocycles. The SMILES string of the molecule is Cc1ccc(Cn2c(=O)c3ccccc3n3c(=O)n(CC(=O)NC4CCCCC4)nc23)cc1. The van der Waals surface area contributed by atoms with Crippen LogP contribution in [0.1, 0.15) is 43.2 Å². The van der Waals surface area contributed by atoms with E-state index in [1.807, 2.05) is 31.2 Å². The Hall–Kier alpha value is -3.68. The van der Waals surface area contributed by atoms with Gasteiger partial charge < -0.3 is 5.32 Å². The molecular formula is C25H27N5O3. The lowest BCUT2D eigenvalue weighted by molar-refractivity contribution is -0.122. The van der Waals surface area contributed by atoms with E-state index in [1.54, 1.807) is 24.3 Å². The van der Waals surface area contributed by atoms with Gasteiger partial charge in [-0.2, -0.15) is 0 Å². The van der Waals surface area contributed by atoms with Crippen molar-refractivity contribution >= 4 is 22.6 Å². The summed E-state index contributed by atoms with van der Waals surface area (Å²) in [6.45, 7) is 2.10. The topological polar surface area (TPSA) is 90.4 Å². The maximum Gasteiger partial charge on any atom is 0.352 e. The number of carbonyl (C=O) groups excluding carboxylic acids is 1. The van der Waals surface area contributed by atoms with Gasteiger partial charge in [-0.3, -0.25) is 14.2 Å². The van der Waals surface area contributed by atoms with Crippen molar-refractivity contribution in [2.24, 2.45) is 0 Å². The zero-order chi connectivity index (χ0) is 22.9. The first-order valence-corrected chi connectivity index (χ1v) is 11.5. The molecule has 0 atom stereocenters. The van der Waals surface area contributed by atoms with Gasteiger partial charge in [0.1, 0.15) is 6.54 Å². The van der Waals surface area contributed by atoms with E-state index in [9.17, 15) is 14.4 Å². The summed E-state index contributed by atoms with van der Waals surface area (Å²) in [5, 5.41) is 7.91. The zero-order valence-electron chi connectivity index (χ0n) is 18.7. The van der Waals surface area contributed by atoms with Gasteiger partial charge in [0, 0.05) is 6.04 Å². The van der Waals surface area contributed by atoms with Crippen LogP contribution in [0.2, 0.25) is 0 Å². The van der Waals surface area contributed by atoms with Gasteiger partial charge >= 0.3 is 5.69 Å². The van der Waals surface area contributed by atoms with Crippen molar-refractivity contribution in [2.75, 3.05) is 0 Å². The van der Waals surface area contributed by atoms with Gasteiger partial charge in [-0.1, -0.05) is 61.2 Å². The lowest BCUT2D eigenvalue weighted by Crippen LogP contribution is -2.40. The van der Waals surface area contributed by atoms with Crippen LogP contribution >= 0.6 is 0 Å². The predicted octanol–water partition coefficient (Wildman–Crippen LogP) is 2.62. The molecule has 2 aromatic heterocycles. The van der Waals surface area contributed by atoms with Crippen LogP contribution in [0, 0.1) is 6.92 Å². The van der Waals surface area contributed by atoms with Crippen LogP contribution < -0.4 is 16.6 Å². The number of aromatic nitrogens is 4. The molecule has 1 saturated carbocycles. The molecule has 170 valence electrons. The van der Waals surface area contributed by atoms with E-state index in [1.165, 1.54) is 15.4 Å². The second kappa shape index (κ2) is 8.69. The number of hydrogen-bond donors (Lipinski definition) is 1. The number of carbonyl (C=O) groups is 1. The number of fused-ring (bicyclic) bond motifs is 3. The Bertz CT molecular complexity index is 1440. The summed E-state index contributed by atoms with van der Waals surface area (Å²) in [6, 6.07) is 15.0. The van der Waals surface area contributed by atoms with E-state index in [0.717, 1.165) is 41.5 Å². The highest BCUT2D eigenvalue weighted by molar-refractivity contribution is 5.80. The molecule has 2 heterocycles. The average Bonchev–Trinajstić information content (AvgIpc) is 3.14. The molecule has 0 spiro atoms. The standard InChI is InChI=1S/C25H27N5O3/c1-17-11-13-18(14-12-17)15-28-23(32)20-9-5-6-10-21(20)30-24(28)27-29(25(30)33)16-22(31)26-19-7-3-2-4-8-19/h5-6,9-14,19H,2-4,7-8,15-16H2,1H3,(H,26,31). The Kier molecular flexibility index (Phi) is 5.58. The summed E-state index contributed by atoms with van der Waals surface area (Å²) < 4.78 is 4.09. The molecular weight excluding hydrogens is 418 g/mol. The molecule has 1 fully saturated rings. The molecule has 1 amide bonds. The highest BCUT2D eigenvalue weighted by Crippen LogP contribution is 2.17. The molecule has 8 nitrogen and oxygen atoms in total. The molecule has 8 heteroatoms. The highest BCUT2D eigenvalue weighted by Gasteiger charge is 2.20. The van der Waals surface area contributed by atoms with Crippen molar-refractivity contribution in [1.29, 1.82) is 0 Å². The summed E-state index contributed by atoms with van der Waals surface area (Å²) >= 11 is 0. The third-order valence-electron chi connectivity index (χ3n) is 6.41. The molecule has 0 radical (unpaired) electrons. The van der Waals surface area contributed by atoms with Crippen molar-refractivity contribution < 1.29 is 4.79 Å². The van der Waals surface area contributed by atoms with Crippen molar-refractivity contribution in [2.45, 2.75) is 58.2 Å². The monoisotopic (exact) mass is 445 g/mol. The molecule has 1 N–H and O–H groups in total. The number of aryl methyl sites for hydroxylation is 1. The minimum Gasteiger partial charge on any atom is -0.352 e. The van der Waals surface area contributed by atoms with Gasteiger partial charge in [-0.05, 0) is 37.5 Å². The molecule has 2 aromatic carbocycles. The molecule has 33 heavy (non-hydrogen) atoms. The zero-order valence-corrected chi connectivity index (χ0v) is 18.7. The van der Waals surface area contributed by atoms with Gasteiger partial charge in [-0.25, -0.2) is 13.9 Å². The van der Waals surface area contributed by atoms with Crippen LogP contribution in [0.5, 0.6) is 0 Å². The lowest BCUT2D eigenvalue weighted by Gasteiger charge is -2.22. The third kappa shape index (κ3) is 4.08. The van der Waals surface area contributed by atoms with E-state index >= 15 is 0 Å². The second-order valence-electron chi connectivity index (χ2n) is 8.87. The van der Waals surface area contributed by atoms with Crippen LogP contribution in [-0.2, 0) is 17.9 Å². The third-order valence-corrected chi connectivity index (χ3v) is 6.41. The van der Waals surface area contributed by atoms with Crippen LogP contribution in [0.4, 0.5) is 0 Å². The first-order valence-electron chi connectivity index (χ1n) is 11.5. The number of rotatable bonds is 5. The van der Waals surface area contributed by atoms with Crippen LogP contribution in [0.15, 0.2) is 58.1 Å². The van der Waals surface area contributed by atoms with Gasteiger partial charge in [-0.15, -0.1) is 5.10 Å². The fourth-order valence-corrected chi connectivity index (χ4v) is 4.65. The van der Waals surface area contributed by atoms with Gasteiger partial charge in [0.05, 0.1) is 17.4 Å². The number of nitrogens with one attached hydrogen (secondary N) is 1. The van der Waals surface area contributed by atoms with Crippen molar-refractivity contribution in [3.63, 3.8) is 0 Å². The number of hydrogen-bond acceptors (Lipinski definition) is 4. The number of nitrogens with zero attached hydrogens (tertiary/aromatic N) is 4. The molecule has 5 rings (SSSR count). The summed E-state index contributed by atoms with van der Waals surface area (Å²) in [6.07, 6.45) is 5.34. The molecule has 0 unspecified atom stereocenters. The highest BCUT2D eigenvalue weighted by atomic mass is 16.2. The van der Waals surface area contributed by atoms with Crippen molar-refractivity contribution in [3.8, 4) is 0 Å². The first-order chi connectivity index (χ1) is 16.0. The number of amides is 1. The van der Waals surface area contributed by atoms with Crippen LogP contribution in [-0.4, -0.2) is 30.7 Å². The molecule has 1 aliphatic rings. The molecule has 0 bridgehead atoms. The van der Waals surface area contributed by atoms with Gasteiger partial charge in [0.15, 0.2) is 0 Å². The fraction of sp³-hybridized carbons (Fsp3) is 0.360. The Morgan fingerprint density at radius 3 is 2.52 bits per heavy atom. The molecule has 0 saturated heterocycles. The Labute approximate surface area is 190 Å². The largest absolute Gasteiger partial charge is 0.352 e. The quantitative estimate of drug-likeness (QED) is 0.511. The Morgan fingerprint density at radius 2 is 1.76 bits per heavy atom. The Balaban J connectivity index is 1.58. The summed E-state index contributed by atoms with van der Waals surface area (Å²) in [7, 11) is 0. The minimum atomic E-state index is -0.433. The number of para-hydroxylation sites is 1. The average molecular weight is 446 g/mol. The predicted molar refractivity (Wildman–Crippen MR) is 127 cm³/mol. The maximum atomic E-state index is 13.3. The van der Waals surface area contributed by atoms with E-state index in [2.05, 4.69) is 10.4 Å². The lowest BCUT2D eigenvalue weighted by atomic mass is 9.95. The van der Waals surface area contributed by atoms with E-state index < -0.39 is 5.69 Å². The van der Waals surface area contributed by atoms with E-state index in [0.29, 0.717) is 10.9 Å². The first kappa shape index (κ1) is 21.2. The minimum absolute atomic E-state index is 0.152. The van der Waals surface area contributed by atoms with Crippen molar-refractivity contribution in [1.82, 2.24) is 24.1 Å². The van der Waals surface area contributed by atoms with E-state index in [4.69, 9.17) is 0 Å². The maximum absolute atomic E-state index is 13.3. The van der Waals surface area contributed by atoms with E-state index in [-0.39, 0.29) is 36.4 Å². The van der Waals surface area contributed by atoms with Gasteiger partial charge in [0.25, 0.3) is 5.56 Å². The second-order valence-corrected chi connectivity index (χ2v) is 8.87. The summed E-state index contributed by atoms with van der Waals surface area (Å²) in [5.41, 5.74) is 1.89. The smallest absolute Gasteiger partial charge is 0.352 e. The molecule has 4 aromatic rings. The fourth-order valence-electron chi connectivity index (χ4n) is 4.65. The summed E-state index contributed by atoms with van der Waals surface area (Å²) in [5.74, 6) is -0.00103. The summed E-state index contributed by atoms with van der Waals surface area (Å²) in [4.78, 5) is 39.3. The Morgan fingerprint density at radius 1 is 1.03 bits per heavy atom. The normalized spacial score (nSPS) is 14.7. The van der Waals surface area contributed by atoms with Crippen LogP contribution in [0.3, 0.4) is 0 Å².